The Labute approximate surface area is 142 Å². The summed E-state index contributed by atoms with van der Waals surface area (Å²) in [6.45, 7) is 2.87. The number of benzene rings is 1. The summed E-state index contributed by atoms with van der Waals surface area (Å²) in [5, 5.41) is 0. The van der Waals surface area contributed by atoms with Crippen molar-refractivity contribution in [2.45, 2.75) is 31.6 Å². The van der Waals surface area contributed by atoms with Crippen LogP contribution in [0, 0.1) is 6.92 Å². The highest BCUT2D eigenvalue weighted by Crippen LogP contribution is 2.20. The highest BCUT2D eigenvalue weighted by molar-refractivity contribution is 7.88. The van der Waals surface area contributed by atoms with E-state index in [0.29, 0.717) is 19.0 Å². The van der Waals surface area contributed by atoms with Crippen LogP contribution in [0.1, 0.15) is 24.0 Å². The Morgan fingerprint density at radius 2 is 2.04 bits per heavy atom. The molecule has 24 heavy (non-hydrogen) atoms. The Morgan fingerprint density at radius 3 is 2.75 bits per heavy atom. The fourth-order valence-electron chi connectivity index (χ4n) is 2.76. The molecule has 128 valence electrons. The third kappa shape index (κ3) is 4.30. The fourth-order valence-corrected chi connectivity index (χ4v) is 4.35. The van der Waals surface area contributed by atoms with Gasteiger partial charge in [0.1, 0.15) is 6.10 Å². The third-order valence-corrected chi connectivity index (χ3v) is 5.85. The van der Waals surface area contributed by atoms with E-state index in [1.807, 2.05) is 31.2 Å². The zero-order chi connectivity index (χ0) is 17.0. The van der Waals surface area contributed by atoms with Crippen molar-refractivity contribution in [2.75, 3.05) is 13.1 Å². The molecule has 1 aromatic heterocycles. The Hall–Kier alpha value is -1.99. The Bertz CT molecular complexity index is 763. The van der Waals surface area contributed by atoms with Crippen LogP contribution in [-0.4, -0.2) is 41.9 Å². The minimum absolute atomic E-state index is 0.0190. The molecule has 7 heteroatoms. The predicted octanol–water partition coefficient (Wildman–Crippen LogP) is 2.16. The van der Waals surface area contributed by atoms with Gasteiger partial charge in [-0.25, -0.2) is 13.4 Å². The van der Waals surface area contributed by atoms with E-state index in [1.165, 1.54) is 4.31 Å². The molecule has 2 heterocycles. The lowest BCUT2D eigenvalue weighted by Crippen LogP contribution is -2.44. The molecule has 1 aliphatic heterocycles. The van der Waals surface area contributed by atoms with Crippen LogP contribution in [0.5, 0.6) is 5.88 Å². The summed E-state index contributed by atoms with van der Waals surface area (Å²) in [5.74, 6) is 0.450. The van der Waals surface area contributed by atoms with Crippen molar-refractivity contribution in [2.24, 2.45) is 0 Å². The van der Waals surface area contributed by atoms with Crippen molar-refractivity contribution in [1.29, 1.82) is 0 Å². The molecular weight excluding hydrogens is 326 g/mol. The van der Waals surface area contributed by atoms with Crippen molar-refractivity contribution in [3.05, 3.63) is 54.0 Å². The summed E-state index contributed by atoms with van der Waals surface area (Å²) in [5.41, 5.74) is 1.92. The number of nitrogens with zero attached hydrogens (tertiary/aromatic N) is 3. The maximum atomic E-state index is 12.7. The monoisotopic (exact) mass is 347 g/mol. The molecule has 0 saturated carbocycles. The topological polar surface area (TPSA) is 72.4 Å². The third-order valence-electron chi connectivity index (χ3n) is 4.03. The van der Waals surface area contributed by atoms with Crippen LogP contribution >= 0.6 is 0 Å². The average Bonchev–Trinajstić information content (AvgIpc) is 2.58. The number of rotatable bonds is 5. The van der Waals surface area contributed by atoms with Gasteiger partial charge in [0.25, 0.3) is 0 Å². The van der Waals surface area contributed by atoms with Gasteiger partial charge in [-0.3, -0.25) is 4.98 Å². The molecule has 0 radical (unpaired) electrons. The molecule has 1 fully saturated rings. The SMILES string of the molecule is Cc1ccc(CS(=O)(=O)N2CCCC(Oc3cnccn3)C2)cc1. The molecule has 3 rings (SSSR count). The molecule has 0 spiro atoms. The number of aryl methyl sites for hydroxylation is 1. The lowest BCUT2D eigenvalue weighted by Gasteiger charge is -2.31. The number of hydrogen-bond acceptors (Lipinski definition) is 5. The summed E-state index contributed by atoms with van der Waals surface area (Å²) in [7, 11) is -3.36. The van der Waals surface area contributed by atoms with Gasteiger partial charge in [-0.05, 0) is 25.3 Å². The molecule has 6 nitrogen and oxygen atoms in total. The molecular formula is C17H21N3O3S. The first-order valence-corrected chi connectivity index (χ1v) is 9.60. The molecule has 1 saturated heterocycles. The van der Waals surface area contributed by atoms with Gasteiger partial charge in [0, 0.05) is 18.9 Å². The van der Waals surface area contributed by atoms with Gasteiger partial charge in [0.05, 0.1) is 18.5 Å². The highest BCUT2D eigenvalue weighted by Gasteiger charge is 2.30. The zero-order valence-corrected chi connectivity index (χ0v) is 14.4. The first-order chi connectivity index (χ1) is 11.5. The van der Waals surface area contributed by atoms with Gasteiger partial charge in [0.2, 0.25) is 15.9 Å². The van der Waals surface area contributed by atoms with Gasteiger partial charge in [-0.15, -0.1) is 0 Å². The Kier molecular flexibility index (Phi) is 5.11. The minimum atomic E-state index is -3.36. The van der Waals surface area contributed by atoms with Crippen LogP contribution in [0.25, 0.3) is 0 Å². The van der Waals surface area contributed by atoms with Crippen LogP contribution < -0.4 is 4.74 Å². The van der Waals surface area contributed by atoms with E-state index in [4.69, 9.17) is 4.74 Å². The van der Waals surface area contributed by atoms with E-state index in [-0.39, 0.29) is 11.9 Å². The van der Waals surface area contributed by atoms with Crippen LogP contribution in [0.2, 0.25) is 0 Å². The second-order valence-electron chi connectivity index (χ2n) is 6.03. The molecule has 1 atom stereocenters. The Morgan fingerprint density at radius 1 is 1.25 bits per heavy atom. The molecule has 0 bridgehead atoms. The largest absolute Gasteiger partial charge is 0.472 e. The van der Waals surface area contributed by atoms with Crippen molar-refractivity contribution in [3.63, 3.8) is 0 Å². The zero-order valence-electron chi connectivity index (χ0n) is 13.6. The van der Waals surface area contributed by atoms with Crippen LogP contribution in [0.4, 0.5) is 0 Å². The summed E-state index contributed by atoms with van der Waals surface area (Å²) >= 11 is 0. The molecule has 0 N–H and O–H groups in total. The standard InChI is InChI=1S/C17H21N3O3S/c1-14-4-6-15(7-5-14)13-24(21,22)20-10-2-3-16(12-20)23-17-11-18-8-9-19-17/h4-9,11,16H,2-3,10,12-13H2,1H3. The molecule has 1 aromatic carbocycles. The maximum Gasteiger partial charge on any atom is 0.232 e. The Balaban J connectivity index is 1.65. The second kappa shape index (κ2) is 7.27. The summed E-state index contributed by atoms with van der Waals surface area (Å²) in [6.07, 6.45) is 6.07. The number of piperidine rings is 1. The minimum Gasteiger partial charge on any atom is -0.472 e. The molecule has 2 aromatic rings. The van der Waals surface area contributed by atoms with Crippen molar-refractivity contribution < 1.29 is 13.2 Å². The van der Waals surface area contributed by atoms with Crippen molar-refractivity contribution in [1.82, 2.24) is 14.3 Å². The van der Waals surface area contributed by atoms with E-state index in [0.717, 1.165) is 24.0 Å². The normalized spacial score (nSPS) is 19.1. The van der Waals surface area contributed by atoms with Gasteiger partial charge in [0.15, 0.2) is 0 Å². The van der Waals surface area contributed by atoms with E-state index in [2.05, 4.69) is 9.97 Å². The van der Waals surface area contributed by atoms with E-state index in [9.17, 15) is 8.42 Å². The second-order valence-corrected chi connectivity index (χ2v) is 7.99. The smallest absolute Gasteiger partial charge is 0.232 e. The molecule has 0 aliphatic carbocycles. The number of sulfonamides is 1. The van der Waals surface area contributed by atoms with Crippen LogP contribution in [0.3, 0.4) is 0 Å². The lowest BCUT2D eigenvalue weighted by molar-refractivity contribution is 0.124. The van der Waals surface area contributed by atoms with Crippen molar-refractivity contribution >= 4 is 10.0 Å². The molecule has 1 unspecified atom stereocenters. The average molecular weight is 347 g/mol. The van der Waals surface area contributed by atoms with Gasteiger partial charge in [-0.1, -0.05) is 29.8 Å². The fraction of sp³-hybridized carbons (Fsp3) is 0.412. The van der Waals surface area contributed by atoms with E-state index < -0.39 is 10.0 Å². The first-order valence-electron chi connectivity index (χ1n) is 7.99. The summed E-state index contributed by atoms with van der Waals surface area (Å²) < 4.78 is 32.7. The van der Waals surface area contributed by atoms with Gasteiger partial charge in [-0.2, -0.15) is 4.31 Å². The number of aromatic nitrogens is 2. The number of ether oxygens (including phenoxy) is 1. The van der Waals surface area contributed by atoms with Crippen molar-refractivity contribution in [3.8, 4) is 5.88 Å². The maximum absolute atomic E-state index is 12.7. The van der Waals surface area contributed by atoms with E-state index >= 15 is 0 Å². The van der Waals surface area contributed by atoms with E-state index in [1.54, 1.807) is 18.6 Å². The lowest BCUT2D eigenvalue weighted by atomic mass is 10.1. The highest BCUT2D eigenvalue weighted by atomic mass is 32.2. The molecule has 1 aliphatic rings. The van der Waals surface area contributed by atoms with Crippen LogP contribution in [0.15, 0.2) is 42.9 Å². The van der Waals surface area contributed by atoms with Crippen LogP contribution in [-0.2, 0) is 15.8 Å². The quantitative estimate of drug-likeness (QED) is 0.829. The van der Waals surface area contributed by atoms with Gasteiger partial charge >= 0.3 is 0 Å². The summed E-state index contributed by atoms with van der Waals surface area (Å²) in [6, 6.07) is 7.59. The predicted molar refractivity (Wildman–Crippen MR) is 91.1 cm³/mol. The summed E-state index contributed by atoms with van der Waals surface area (Å²) in [4.78, 5) is 8.04. The van der Waals surface area contributed by atoms with Gasteiger partial charge < -0.3 is 4.74 Å². The number of hydrogen-bond donors (Lipinski definition) is 0. The molecule has 0 amide bonds. The first kappa shape index (κ1) is 16.9.